The Balaban J connectivity index is 1.76. The van der Waals surface area contributed by atoms with E-state index in [-0.39, 0.29) is 12.5 Å². The fourth-order valence-electron chi connectivity index (χ4n) is 3.21. The second-order valence-corrected chi connectivity index (χ2v) is 6.33. The van der Waals surface area contributed by atoms with E-state index in [1.165, 1.54) is 13.4 Å². The maximum absolute atomic E-state index is 10.2. The number of anilines is 2. The van der Waals surface area contributed by atoms with Crippen molar-refractivity contribution in [3.63, 3.8) is 0 Å². The average molecular weight is 382 g/mol. The molecule has 0 atom stereocenters. The number of nitrogens with zero attached hydrogens (tertiary/aromatic N) is 2. The van der Waals surface area contributed by atoms with E-state index in [4.69, 9.17) is 14.2 Å². The number of phenols is 1. The largest absolute Gasteiger partial charge is 0.504 e. The van der Waals surface area contributed by atoms with Crippen molar-refractivity contribution in [2.75, 3.05) is 32.3 Å². The molecule has 1 aromatic heterocycles. The lowest BCUT2D eigenvalue weighted by molar-refractivity contribution is 0.174. The van der Waals surface area contributed by atoms with Gasteiger partial charge < -0.3 is 30.0 Å². The van der Waals surface area contributed by atoms with Crippen molar-refractivity contribution >= 4 is 22.4 Å². The van der Waals surface area contributed by atoms with Crippen LogP contribution in [0, 0.1) is 0 Å². The number of ether oxygens (including phenoxy) is 3. The number of hydrogen-bond acceptors (Lipinski definition) is 8. The molecule has 0 spiro atoms. The summed E-state index contributed by atoms with van der Waals surface area (Å²) in [6.45, 7) is 4.01. The van der Waals surface area contributed by atoms with Crippen molar-refractivity contribution in [1.82, 2.24) is 15.3 Å². The van der Waals surface area contributed by atoms with Crippen LogP contribution in [0.3, 0.4) is 0 Å². The third kappa shape index (κ3) is 3.34. The molecule has 8 nitrogen and oxygen atoms in total. The standard InChI is InChI=1S/C20H22N4O4/c1-3-21-7-6-12-4-5-16-19(28-11-27-16)18(12)24-20-13-8-15(25)17(26-2)9-14(13)22-10-23-20/h4-5,8-10,21,25H,3,6-7,11H2,1-2H3,(H,22,23,24). The fraction of sp³-hybridized carbons (Fsp3) is 0.300. The third-order valence-corrected chi connectivity index (χ3v) is 4.63. The molecule has 0 saturated heterocycles. The zero-order valence-electron chi connectivity index (χ0n) is 15.8. The third-order valence-electron chi connectivity index (χ3n) is 4.63. The molecule has 0 amide bonds. The summed E-state index contributed by atoms with van der Waals surface area (Å²) in [7, 11) is 1.50. The summed E-state index contributed by atoms with van der Waals surface area (Å²) in [6.07, 6.45) is 2.29. The summed E-state index contributed by atoms with van der Waals surface area (Å²) >= 11 is 0. The summed E-state index contributed by atoms with van der Waals surface area (Å²) in [4.78, 5) is 8.66. The van der Waals surface area contributed by atoms with E-state index in [9.17, 15) is 5.11 Å². The van der Waals surface area contributed by atoms with E-state index < -0.39 is 0 Å². The summed E-state index contributed by atoms with van der Waals surface area (Å²) in [6, 6.07) is 7.22. The molecule has 0 unspecified atom stereocenters. The Morgan fingerprint density at radius 2 is 2.11 bits per heavy atom. The molecule has 0 fully saturated rings. The lowest BCUT2D eigenvalue weighted by atomic mass is 10.1. The van der Waals surface area contributed by atoms with E-state index in [0.717, 1.165) is 30.8 Å². The molecule has 1 aliphatic rings. The summed E-state index contributed by atoms with van der Waals surface area (Å²) < 4.78 is 16.4. The molecule has 146 valence electrons. The van der Waals surface area contributed by atoms with E-state index >= 15 is 0 Å². The molecule has 0 radical (unpaired) electrons. The van der Waals surface area contributed by atoms with Crippen LogP contribution in [0.1, 0.15) is 12.5 Å². The zero-order valence-corrected chi connectivity index (χ0v) is 15.8. The van der Waals surface area contributed by atoms with Gasteiger partial charge in [0, 0.05) is 11.5 Å². The van der Waals surface area contributed by atoms with Gasteiger partial charge in [-0.1, -0.05) is 13.0 Å². The maximum Gasteiger partial charge on any atom is 0.231 e. The first kappa shape index (κ1) is 18.1. The first-order valence-electron chi connectivity index (χ1n) is 9.12. The van der Waals surface area contributed by atoms with E-state index in [2.05, 4.69) is 27.5 Å². The van der Waals surface area contributed by atoms with Gasteiger partial charge in [-0.05, 0) is 37.2 Å². The lowest BCUT2D eigenvalue weighted by Crippen LogP contribution is -2.16. The van der Waals surface area contributed by atoms with Crippen molar-refractivity contribution in [2.24, 2.45) is 0 Å². The molecule has 0 bridgehead atoms. The second-order valence-electron chi connectivity index (χ2n) is 6.33. The van der Waals surface area contributed by atoms with Gasteiger partial charge in [-0.25, -0.2) is 9.97 Å². The number of nitrogens with one attached hydrogen (secondary N) is 2. The van der Waals surface area contributed by atoms with Crippen LogP contribution in [0.2, 0.25) is 0 Å². The highest BCUT2D eigenvalue weighted by Crippen LogP contribution is 2.43. The number of benzene rings is 2. The number of hydrogen-bond donors (Lipinski definition) is 3. The van der Waals surface area contributed by atoms with Gasteiger partial charge >= 0.3 is 0 Å². The van der Waals surface area contributed by atoms with Crippen LogP contribution in [-0.2, 0) is 6.42 Å². The molecule has 3 aromatic rings. The number of rotatable bonds is 7. The highest BCUT2D eigenvalue weighted by Gasteiger charge is 2.22. The first-order chi connectivity index (χ1) is 13.7. The normalized spacial score (nSPS) is 12.4. The van der Waals surface area contributed by atoms with Crippen molar-refractivity contribution < 1.29 is 19.3 Å². The highest BCUT2D eigenvalue weighted by molar-refractivity contribution is 5.94. The highest BCUT2D eigenvalue weighted by atomic mass is 16.7. The van der Waals surface area contributed by atoms with Gasteiger partial charge in [0.25, 0.3) is 0 Å². The number of likely N-dealkylation sites (N-methyl/N-ethyl adjacent to an activating group) is 1. The van der Waals surface area contributed by atoms with Crippen molar-refractivity contribution in [3.8, 4) is 23.0 Å². The monoisotopic (exact) mass is 382 g/mol. The van der Waals surface area contributed by atoms with Crippen LogP contribution in [0.25, 0.3) is 10.9 Å². The minimum atomic E-state index is 0.0260. The van der Waals surface area contributed by atoms with Gasteiger partial charge in [-0.15, -0.1) is 0 Å². The van der Waals surface area contributed by atoms with Crippen molar-refractivity contribution in [1.29, 1.82) is 0 Å². The minimum Gasteiger partial charge on any atom is -0.504 e. The molecule has 2 heterocycles. The van der Waals surface area contributed by atoms with Gasteiger partial charge in [0.15, 0.2) is 23.0 Å². The Kier molecular flexibility index (Phi) is 5.03. The quantitative estimate of drug-likeness (QED) is 0.537. The Hall–Kier alpha value is -3.26. The van der Waals surface area contributed by atoms with Gasteiger partial charge in [0.1, 0.15) is 12.1 Å². The molecule has 8 heteroatoms. The summed E-state index contributed by atoms with van der Waals surface area (Å²) in [5, 5.41) is 17.6. The smallest absolute Gasteiger partial charge is 0.231 e. The number of aromatic hydroxyl groups is 1. The van der Waals surface area contributed by atoms with Crippen LogP contribution in [0.4, 0.5) is 11.5 Å². The van der Waals surface area contributed by atoms with E-state index in [1.54, 1.807) is 12.1 Å². The number of aromatic nitrogens is 2. The van der Waals surface area contributed by atoms with Crippen LogP contribution in [-0.4, -0.2) is 42.1 Å². The Morgan fingerprint density at radius 3 is 2.93 bits per heavy atom. The summed E-state index contributed by atoms with van der Waals surface area (Å²) in [5.74, 6) is 2.31. The van der Waals surface area contributed by atoms with Crippen LogP contribution >= 0.6 is 0 Å². The fourth-order valence-corrected chi connectivity index (χ4v) is 3.21. The van der Waals surface area contributed by atoms with Gasteiger partial charge in [0.05, 0.1) is 18.3 Å². The second kappa shape index (κ2) is 7.77. The molecule has 28 heavy (non-hydrogen) atoms. The summed E-state index contributed by atoms with van der Waals surface area (Å²) in [5.41, 5.74) is 2.55. The number of phenolic OH excluding ortho intramolecular Hbond substituents is 1. The minimum absolute atomic E-state index is 0.0260. The van der Waals surface area contributed by atoms with Crippen molar-refractivity contribution in [2.45, 2.75) is 13.3 Å². The van der Waals surface area contributed by atoms with Crippen LogP contribution in [0.15, 0.2) is 30.6 Å². The predicted molar refractivity (Wildman–Crippen MR) is 106 cm³/mol. The van der Waals surface area contributed by atoms with Gasteiger partial charge in [-0.3, -0.25) is 0 Å². The Labute approximate surface area is 162 Å². The SMILES string of the molecule is CCNCCc1ccc2c(c1Nc1ncnc3cc(OC)c(O)cc13)OCO2. The average Bonchev–Trinajstić information content (AvgIpc) is 3.18. The molecule has 1 aliphatic heterocycles. The molecule has 4 rings (SSSR count). The number of methoxy groups -OCH3 is 1. The lowest BCUT2D eigenvalue weighted by Gasteiger charge is -2.16. The van der Waals surface area contributed by atoms with Crippen LogP contribution in [0.5, 0.6) is 23.0 Å². The Bertz CT molecular complexity index is 1010. The van der Waals surface area contributed by atoms with Gasteiger partial charge in [-0.2, -0.15) is 0 Å². The van der Waals surface area contributed by atoms with E-state index in [1.807, 2.05) is 12.1 Å². The van der Waals surface area contributed by atoms with Crippen molar-refractivity contribution in [3.05, 3.63) is 36.2 Å². The molecule has 2 aromatic carbocycles. The van der Waals surface area contributed by atoms with Crippen LogP contribution < -0.4 is 24.8 Å². The van der Waals surface area contributed by atoms with Gasteiger partial charge in [0.2, 0.25) is 6.79 Å². The molecular formula is C20H22N4O4. The maximum atomic E-state index is 10.2. The number of fused-ring (bicyclic) bond motifs is 2. The molecule has 0 saturated carbocycles. The molecule has 0 aliphatic carbocycles. The zero-order chi connectivity index (χ0) is 19.5. The Morgan fingerprint density at radius 1 is 1.21 bits per heavy atom. The van der Waals surface area contributed by atoms with E-state index in [0.29, 0.717) is 34.0 Å². The topological polar surface area (TPSA) is 97.8 Å². The predicted octanol–water partition coefficient (Wildman–Crippen LogP) is 2.97. The molecule has 3 N–H and O–H groups in total. The first-order valence-corrected chi connectivity index (χ1v) is 9.12. The molecular weight excluding hydrogens is 360 g/mol.